The van der Waals surface area contributed by atoms with Crippen LogP contribution in [0, 0.1) is 0 Å². The van der Waals surface area contributed by atoms with E-state index in [0.717, 1.165) is 0 Å². The van der Waals surface area contributed by atoms with Crippen molar-refractivity contribution in [3.05, 3.63) is 94.9 Å². The van der Waals surface area contributed by atoms with E-state index in [0.29, 0.717) is 94.6 Å². The zero-order chi connectivity index (χ0) is 38.2. The molecule has 0 aliphatic carbocycles. The lowest BCUT2D eigenvalue weighted by Crippen LogP contribution is -2.19. The molecule has 0 radical (unpaired) electrons. The predicted molar refractivity (Wildman–Crippen MR) is 208 cm³/mol. The van der Waals surface area contributed by atoms with Crippen molar-refractivity contribution in [3.8, 4) is 46.3 Å². The van der Waals surface area contributed by atoms with Gasteiger partial charge in [-0.05, 0) is 36.4 Å². The first-order valence-corrected chi connectivity index (χ1v) is 17.2. The second-order valence-electron chi connectivity index (χ2n) is 10.8. The summed E-state index contributed by atoms with van der Waals surface area (Å²) in [7, 11) is 6.23. The maximum atomic E-state index is 12.1. The minimum atomic E-state index is -0.451. The minimum Gasteiger partial charge on any atom is -0.493 e. The number of carbonyl (C=O) groups excluding carboxylic acids is 1. The number of nitrogen functional groups attached to an aromatic ring is 1. The Morgan fingerprint density at radius 2 is 1.17 bits per heavy atom. The van der Waals surface area contributed by atoms with Crippen LogP contribution in [-0.2, 0) is 0 Å². The Morgan fingerprint density at radius 1 is 0.648 bits per heavy atom. The highest BCUT2D eigenvalue weighted by atomic mass is 35.5. The van der Waals surface area contributed by atoms with Crippen LogP contribution < -0.4 is 44.8 Å². The van der Waals surface area contributed by atoms with Crippen molar-refractivity contribution in [2.45, 2.75) is 0 Å². The van der Waals surface area contributed by atoms with Crippen LogP contribution in [0.15, 0.2) is 84.9 Å². The predicted octanol–water partition coefficient (Wildman–Crippen LogP) is 8.87. The van der Waals surface area contributed by atoms with Gasteiger partial charge in [0.2, 0.25) is 11.8 Å². The highest BCUT2D eigenvalue weighted by Gasteiger charge is 2.15. The van der Waals surface area contributed by atoms with Gasteiger partial charge in [-0.1, -0.05) is 23.2 Å². The minimum absolute atomic E-state index is 0.296. The fourth-order valence-corrected chi connectivity index (χ4v) is 5.78. The number of hydrogen-bond donors (Lipinski definition) is 3. The zero-order valence-electron chi connectivity index (χ0n) is 28.9. The molecule has 4 aromatic carbocycles. The molecule has 0 aliphatic heterocycles. The summed E-state index contributed by atoms with van der Waals surface area (Å²) >= 11 is 13.6. The normalized spacial score (nSPS) is 10.6. The van der Waals surface area contributed by atoms with Gasteiger partial charge in [0.05, 0.1) is 71.7 Å². The third-order valence-corrected chi connectivity index (χ3v) is 8.78. The van der Waals surface area contributed by atoms with Crippen molar-refractivity contribution in [3.63, 3.8) is 0 Å². The lowest BCUT2D eigenvalue weighted by atomic mass is 10.2. The Bertz CT molecular complexity index is 2440. The number of urea groups is 1. The van der Waals surface area contributed by atoms with Gasteiger partial charge >= 0.3 is 6.03 Å². The van der Waals surface area contributed by atoms with Crippen LogP contribution in [0.2, 0.25) is 10.0 Å². The number of fused-ring (bicyclic) bond motifs is 2. The molecule has 4 N–H and O–H groups in total. The van der Waals surface area contributed by atoms with Crippen LogP contribution in [-0.4, -0.2) is 59.4 Å². The van der Waals surface area contributed by atoms with Crippen LogP contribution in [0.25, 0.3) is 21.8 Å². The number of carbonyl (C=O) groups is 1. The van der Waals surface area contributed by atoms with E-state index in [4.69, 9.17) is 57.4 Å². The molecule has 18 heteroatoms. The molecule has 2 amide bonds. The van der Waals surface area contributed by atoms with Crippen LogP contribution in [0.5, 0.6) is 46.3 Å². The number of amides is 2. The summed E-state index contributed by atoms with van der Waals surface area (Å²) < 4.78 is 33.0. The number of nitrogens with one attached hydrogen (secondary N) is 2. The molecule has 0 aliphatic rings. The van der Waals surface area contributed by atoms with Crippen molar-refractivity contribution in [2.24, 2.45) is 0 Å². The maximum Gasteiger partial charge on any atom is 0.325 e. The number of methoxy groups -OCH3 is 4. The summed E-state index contributed by atoms with van der Waals surface area (Å²) in [6, 6.07) is 16.5. The third-order valence-electron chi connectivity index (χ3n) is 7.45. The third kappa shape index (κ3) is 8.63. The van der Waals surface area contributed by atoms with Gasteiger partial charge < -0.3 is 39.5 Å². The van der Waals surface area contributed by atoms with Crippen molar-refractivity contribution in [1.82, 2.24) is 24.9 Å². The molecule has 3 aromatic heterocycles. The Labute approximate surface area is 321 Å². The molecule has 0 spiro atoms. The van der Waals surface area contributed by atoms with E-state index in [1.807, 2.05) is 0 Å². The van der Waals surface area contributed by atoms with Gasteiger partial charge in [-0.25, -0.2) is 29.7 Å². The molecule has 7 aromatic rings. The number of ether oxygens (including phenoxy) is 6. The smallest absolute Gasteiger partial charge is 0.325 e. The molecular weight excluding hydrogens is 759 g/mol. The summed E-state index contributed by atoms with van der Waals surface area (Å²) in [5.41, 5.74) is 7.91. The number of nitrogens with zero attached hydrogens (tertiary/aromatic N) is 5. The summed E-state index contributed by atoms with van der Waals surface area (Å²) in [6.07, 6.45) is 4.41. The largest absolute Gasteiger partial charge is 0.493 e. The number of hydrogen-bond acceptors (Lipinski definition) is 14. The molecule has 0 fully saturated rings. The zero-order valence-corrected chi connectivity index (χ0v) is 31.2. The molecule has 7 rings (SSSR count). The Morgan fingerprint density at radius 3 is 1.65 bits per heavy atom. The average molecular weight is 790 g/mol. The lowest BCUT2D eigenvalue weighted by molar-refractivity contribution is 0.262. The number of rotatable bonds is 10. The molecule has 0 bridgehead atoms. The molecule has 54 heavy (non-hydrogen) atoms. The van der Waals surface area contributed by atoms with Crippen molar-refractivity contribution >= 4 is 78.9 Å². The van der Waals surface area contributed by atoms with Crippen molar-refractivity contribution in [1.29, 1.82) is 0 Å². The van der Waals surface area contributed by atoms with E-state index in [2.05, 4.69) is 35.6 Å². The van der Waals surface area contributed by atoms with Crippen molar-refractivity contribution in [2.75, 3.05) is 44.8 Å². The molecular formula is C36H30Cl2N8O7S. The molecule has 15 nitrogen and oxygen atoms in total. The number of anilines is 3. The van der Waals surface area contributed by atoms with Gasteiger partial charge in [-0.2, -0.15) is 0 Å². The summed E-state index contributed by atoms with van der Waals surface area (Å²) in [4.78, 5) is 33.0. The topological polar surface area (TPSA) is 187 Å². The molecule has 0 saturated heterocycles. The number of halogens is 2. The van der Waals surface area contributed by atoms with Gasteiger partial charge in [-0.15, -0.1) is 11.3 Å². The SMILES string of the molecule is COc1cc2ncnc(Oc3ccc(N)c(Cl)c3)c2cc1OC.COc1cc2ncnc(Oc3ccc(NC(=O)Nc4nccs4)c(Cl)c3)c2cc1OC. The number of benzene rings is 4. The first kappa shape index (κ1) is 37.4. The summed E-state index contributed by atoms with van der Waals surface area (Å²) in [6.45, 7) is 0. The number of nitrogens with two attached hydrogens (primary N) is 1. The van der Waals surface area contributed by atoms with Gasteiger partial charge in [0.25, 0.3) is 0 Å². The van der Waals surface area contributed by atoms with Crippen LogP contribution in [0.4, 0.5) is 21.3 Å². The molecule has 3 heterocycles. The summed E-state index contributed by atoms with van der Waals surface area (Å²) in [5.74, 6) is 3.90. The second-order valence-corrected chi connectivity index (χ2v) is 12.5. The van der Waals surface area contributed by atoms with E-state index >= 15 is 0 Å². The maximum absolute atomic E-state index is 12.1. The van der Waals surface area contributed by atoms with Crippen LogP contribution in [0.3, 0.4) is 0 Å². The Hall–Kier alpha value is -6.36. The first-order valence-electron chi connectivity index (χ1n) is 15.6. The second kappa shape index (κ2) is 17.0. The van der Waals surface area contributed by atoms with E-state index in [-0.39, 0.29) is 0 Å². The number of aromatic nitrogens is 5. The van der Waals surface area contributed by atoms with E-state index in [1.54, 1.807) is 101 Å². The molecule has 0 atom stereocenters. The quantitative estimate of drug-likeness (QED) is 0.112. The Kier molecular flexibility index (Phi) is 11.8. The van der Waals surface area contributed by atoms with Crippen LogP contribution >= 0.6 is 34.5 Å². The van der Waals surface area contributed by atoms with Crippen LogP contribution in [0.1, 0.15) is 0 Å². The van der Waals surface area contributed by atoms with Gasteiger partial charge in [-0.3, -0.25) is 5.32 Å². The van der Waals surface area contributed by atoms with Gasteiger partial charge in [0, 0.05) is 35.8 Å². The van der Waals surface area contributed by atoms with E-state index in [9.17, 15) is 4.79 Å². The van der Waals surface area contributed by atoms with Gasteiger partial charge in [0.15, 0.2) is 28.1 Å². The number of thiazole rings is 1. The first-order chi connectivity index (χ1) is 26.2. The Balaban J connectivity index is 0.000000193. The monoisotopic (exact) mass is 788 g/mol. The highest BCUT2D eigenvalue weighted by molar-refractivity contribution is 7.13. The van der Waals surface area contributed by atoms with E-state index in [1.165, 1.54) is 24.0 Å². The van der Waals surface area contributed by atoms with Crippen molar-refractivity contribution < 1.29 is 33.2 Å². The lowest BCUT2D eigenvalue weighted by Gasteiger charge is -2.12. The highest BCUT2D eigenvalue weighted by Crippen LogP contribution is 2.38. The fourth-order valence-electron chi connectivity index (χ4n) is 4.87. The summed E-state index contributed by atoms with van der Waals surface area (Å²) in [5, 5.41) is 9.58. The van der Waals surface area contributed by atoms with Gasteiger partial charge in [0.1, 0.15) is 24.2 Å². The molecule has 0 unspecified atom stereocenters. The standard InChI is InChI=1S/C20H16ClN5O4S.C16H14ClN3O3/c1-28-16-8-12-15(9-17(16)29-2)23-10-24-18(12)30-11-3-4-14(13(21)7-11)25-19(27)26-20-22-5-6-31-20;1-21-14-6-10-13(7-15(14)22-2)19-8-20-16(10)23-9-3-4-12(18)11(17)5-9/h3-10H,1-2H3,(H2,22,25,26,27);3-8H,18H2,1-2H3. The molecule has 0 saturated carbocycles. The van der Waals surface area contributed by atoms with E-state index < -0.39 is 6.03 Å². The molecule has 276 valence electrons. The fraction of sp³-hybridized carbons (Fsp3) is 0.111. The average Bonchev–Trinajstić information content (AvgIpc) is 3.69.